The molecule has 0 amide bonds. The van der Waals surface area contributed by atoms with Gasteiger partial charge in [-0.1, -0.05) is 135 Å². The molecule has 1 heterocycles. The summed E-state index contributed by atoms with van der Waals surface area (Å²) in [5, 5.41) is 1.06. The molecule has 0 fully saturated rings. The van der Waals surface area contributed by atoms with Crippen molar-refractivity contribution < 1.29 is 0 Å². The monoisotopic (exact) mass is 578 g/mol. The average Bonchev–Trinajstić information content (AvgIpc) is 3.31. The summed E-state index contributed by atoms with van der Waals surface area (Å²) in [6, 6.07) is 47.9. The third-order valence-corrected chi connectivity index (χ3v) is 9.58. The van der Waals surface area contributed by atoms with Gasteiger partial charge in [-0.2, -0.15) is 0 Å². The topological polar surface area (TPSA) is 25.8 Å². The summed E-state index contributed by atoms with van der Waals surface area (Å²) in [5.41, 5.74) is 16.7. The van der Waals surface area contributed by atoms with Crippen LogP contribution in [-0.4, -0.2) is 9.97 Å². The molecular formula is C43H34N2. The minimum absolute atomic E-state index is 0.0774. The lowest BCUT2D eigenvalue weighted by Gasteiger charge is -2.21. The number of hydrogen-bond acceptors (Lipinski definition) is 2. The average molecular weight is 579 g/mol. The Labute approximate surface area is 265 Å². The van der Waals surface area contributed by atoms with Crippen LogP contribution in [0.4, 0.5) is 0 Å². The van der Waals surface area contributed by atoms with Crippen LogP contribution in [0.3, 0.4) is 0 Å². The van der Waals surface area contributed by atoms with Gasteiger partial charge in [0.25, 0.3) is 0 Å². The van der Waals surface area contributed by atoms with Gasteiger partial charge in [0.05, 0.1) is 11.2 Å². The molecule has 2 nitrogen and oxygen atoms in total. The molecule has 2 heteroatoms. The Morgan fingerprint density at radius 1 is 0.467 bits per heavy atom. The van der Waals surface area contributed by atoms with E-state index < -0.39 is 0 Å². The second kappa shape index (κ2) is 10.4. The van der Waals surface area contributed by atoms with Gasteiger partial charge in [0, 0.05) is 21.9 Å². The van der Waals surface area contributed by atoms with E-state index in [-0.39, 0.29) is 5.41 Å². The van der Waals surface area contributed by atoms with Crippen molar-refractivity contribution in [3.05, 3.63) is 156 Å². The van der Waals surface area contributed by atoms with Crippen LogP contribution in [-0.2, 0) is 5.41 Å². The molecule has 0 radical (unpaired) electrons. The molecule has 0 aliphatic heterocycles. The molecule has 0 spiro atoms. The van der Waals surface area contributed by atoms with E-state index in [1.165, 1.54) is 55.6 Å². The van der Waals surface area contributed by atoms with Crippen LogP contribution < -0.4 is 0 Å². The molecule has 7 aromatic rings. The number of rotatable bonds is 4. The van der Waals surface area contributed by atoms with Crippen LogP contribution in [0.25, 0.3) is 66.9 Å². The van der Waals surface area contributed by atoms with Crippen molar-refractivity contribution in [1.29, 1.82) is 0 Å². The number of benzene rings is 6. The fraction of sp³-hybridized carbons (Fsp3) is 0.116. The first-order valence-corrected chi connectivity index (χ1v) is 15.7. The summed E-state index contributed by atoms with van der Waals surface area (Å²) < 4.78 is 0. The van der Waals surface area contributed by atoms with Gasteiger partial charge in [-0.15, -0.1) is 0 Å². The van der Waals surface area contributed by atoms with E-state index in [1.54, 1.807) is 0 Å². The summed E-state index contributed by atoms with van der Waals surface area (Å²) in [5.74, 6) is 0.766. The zero-order chi connectivity index (χ0) is 30.7. The maximum atomic E-state index is 5.33. The summed E-state index contributed by atoms with van der Waals surface area (Å²) in [6.07, 6.45) is 0. The van der Waals surface area contributed by atoms with E-state index in [2.05, 4.69) is 161 Å². The van der Waals surface area contributed by atoms with Crippen LogP contribution in [0, 0.1) is 13.8 Å². The molecule has 216 valence electrons. The first-order valence-electron chi connectivity index (χ1n) is 15.7. The molecule has 1 aliphatic carbocycles. The standard InChI is InChI=1S/C43H34N2/c1-27-25-30(29-13-6-5-7-14-29)21-23-32(27)33-24-22-31(26-28(33)2)41-35-16-9-11-20-39(35)44-42(45-41)36-17-12-19-38-40(36)34-15-8-10-18-37(34)43(38,3)4/h5-26H,1-4H3. The maximum absolute atomic E-state index is 5.33. The van der Waals surface area contributed by atoms with Crippen molar-refractivity contribution in [3.8, 4) is 56.0 Å². The molecule has 0 atom stereocenters. The van der Waals surface area contributed by atoms with E-state index >= 15 is 0 Å². The Balaban J connectivity index is 1.26. The van der Waals surface area contributed by atoms with Gasteiger partial charge >= 0.3 is 0 Å². The lowest BCUT2D eigenvalue weighted by molar-refractivity contribution is 0.660. The van der Waals surface area contributed by atoms with Crippen molar-refractivity contribution in [1.82, 2.24) is 9.97 Å². The summed E-state index contributed by atoms with van der Waals surface area (Å²) in [6.45, 7) is 9.04. The second-order valence-corrected chi connectivity index (χ2v) is 12.7. The molecule has 1 aliphatic rings. The minimum atomic E-state index is -0.0774. The van der Waals surface area contributed by atoms with Crippen LogP contribution in [0.1, 0.15) is 36.1 Å². The number of aromatic nitrogens is 2. The SMILES string of the molecule is Cc1cc(-c2ccccc2)ccc1-c1ccc(-c2nc(-c3cccc4c3-c3ccccc3C4(C)C)nc3ccccc23)cc1C. The van der Waals surface area contributed by atoms with Crippen molar-refractivity contribution in [2.45, 2.75) is 33.1 Å². The lowest BCUT2D eigenvalue weighted by Crippen LogP contribution is -2.14. The molecule has 0 bridgehead atoms. The molecule has 6 aromatic carbocycles. The molecule has 8 rings (SSSR count). The van der Waals surface area contributed by atoms with Gasteiger partial charge in [0.15, 0.2) is 5.82 Å². The zero-order valence-corrected chi connectivity index (χ0v) is 26.1. The van der Waals surface area contributed by atoms with E-state index in [1.807, 2.05) is 0 Å². The fourth-order valence-corrected chi connectivity index (χ4v) is 7.25. The Kier molecular flexibility index (Phi) is 6.28. The van der Waals surface area contributed by atoms with Crippen molar-refractivity contribution in [2.75, 3.05) is 0 Å². The number of nitrogens with zero attached hydrogens (tertiary/aromatic N) is 2. The third-order valence-electron chi connectivity index (χ3n) is 9.58. The quantitative estimate of drug-likeness (QED) is 0.208. The second-order valence-electron chi connectivity index (χ2n) is 12.7. The molecule has 0 unspecified atom stereocenters. The highest BCUT2D eigenvalue weighted by Crippen LogP contribution is 2.51. The number of hydrogen-bond donors (Lipinski definition) is 0. The Morgan fingerprint density at radius 3 is 1.87 bits per heavy atom. The van der Waals surface area contributed by atoms with Gasteiger partial charge in [0.2, 0.25) is 0 Å². The zero-order valence-electron chi connectivity index (χ0n) is 26.1. The number of fused-ring (bicyclic) bond motifs is 4. The van der Waals surface area contributed by atoms with Gasteiger partial charge < -0.3 is 0 Å². The van der Waals surface area contributed by atoms with Gasteiger partial charge in [0.1, 0.15) is 0 Å². The molecule has 0 saturated carbocycles. The first kappa shape index (κ1) is 27.2. The van der Waals surface area contributed by atoms with E-state index in [9.17, 15) is 0 Å². The van der Waals surface area contributed by atoms with Crippen molar-refractivity contribution in [2.24, 2.45) is 0 Å². The van der Waals surface area contributed by atoms with Gasteiger partial charge in [-0.05, 0) is 81.6 Å². The summed E-state index contributed by atoms with van der Waals surface area (Å²) in [7, 11) is 0. The number of para-hydroxylation sites is 1. The van der Waals surface area contributed by atoms with Crippen LogP contribution >= 0.6 is 0 Å². The highest BCUT2D eigenvalue weighted by molar-refractivity contribution is 5.97. The fourth-order valence-electron chi connectivity index (χ4n) is 7.25. The Hall–Kier alpha value is -5.34. The molecule has 0 N–H and O–H groups in total. The summed E-state index contributed by atoms with van der Waals surface area (Å²) in [4.78, 5) is 10.5. The van der Waals surface area contributed by atoms with E-state index in [4.69, 9.17) is 9.97 Å². The minimum Gasteiger partial charge on any atom is -0.228 e. The van der Waals surface area contributed by atoms with Crippen molar-refractivity contribution >= 4 is 10.9 Å². The highest BCUT2D eigenvalue weighted by atomic mass is 14.9. The predicted octanol–water partition coefficient (Wildman–Crippen LogP) is 11.2. The highest BCUT2D eigenvalue weighted by Gasteiger charge is 2.37. The van der Waals surface area contributed by atoms with E-state index in [0.717, 1.165) is 33.5 Å². The van der Waals surface area contributed by atoms with Gasteiger partial charge in [-0.25, -0.2) is 9.97 Å². The summed E-state index contributed by atoms with van der Waals surface area (Å²) >= 11 is 0. The maximum Gasteiger partial charge on any atom is 0.161 e. The largest absolute Gasteiger partial charge is 0.228 e. The van der Waals surface area contributed by atoms with Crippen molar-refractivity contribution in [3.63, 3.8) is 0 Å². The first-order chi connectivity index (χ1) is 21.9. The third kappa shape index (κ3) is 4.40. The van der Waals surface area contributed by atoms with Crippen LogP contribution in [0.2, 0.25) is 0 Å². The predicted molar refractivity (Wildman–Crippen MR) is 188 cm³/mol. The van der Waals surface area contributed by atoms with Crippen LogP contribution in [0.5, 0.6) is 0 Å². The van der Waals surface area contributed by atoms with E-state index in [0.29, 0.717) is 0 Å². The lowest BCUT2D eigenvalue weighted by atomic mass is 9.82. The molecular weight excluding hydrogens is 544 g/mol. The Bertz CT molecular complexity index is 2260. The smallest absolute Gasteiger partial charge is 0.161 e. The van der Waals surface area contributed by atoms with Gasteiger partial charge in [-0.3, -0.25) is 0 Å². The van der Waals surface area contributed by atoms with Crippen LogP contribution in [0.15, 0.2) is 133 Å². The number of aryl methyl sites for hydroxylation is 2. The molecule has 0 saturated heterocycles. The molecule has 45 heavy (non-hydrogen) atoms. The molecule has 1 aromatic heterocycles. The normalized spacial score (nSPS) is 13.1. The Morgan fingerprint density at radius 2 is 1.09 bits per heavy atom.